The van der Waals surface area contributed by atoms with Crippen LogP contribution >= 0.6 is 11.6 Å². The first-order valence-electron chi connectivity index (χ1n) is 6.78. The molecule has 21 heavy (non-hydrogen) atoms. The van der Waals surface area contributed by atoms with Gasteiger partial charge in [-0.1, -0.05) is 29.8 Å². The van der Waals surface area contributed by atoms with Crippen molar-refractivity contribution in [2.45, 2.75) is 12.3 Å². The molecule has 0 spiro atoms. The number of halogens is 1. The topological polar surface area (TPSA) is 50.5 Å². The van der Waals surface area contributed by atoms with Gasteiger partial charge in [0, 0.05) is 24.0 Å². The first kappa shape index (κ1) is 13.9. The summed E-state index contributed by atoms with van der Waals surface area (Å²) in [5, 5.41) is 0.703. The standard InChI is InChI=1S/C16H14ClNO3/c17-13-5-2-1-4-12(13)11-7-8-18(10-11)16(20)15(19)14-6-3-9-21-14/h1-6,9,11H,7-8,10H2/t11-/m0/s1. The molecule has 4 nitrogen and oxygen atoms in total. The minimum absolute atomic E-state index is 0.0844. The zero-order valence-corrected chi connectivity index (χ0v) is 12.0. The molecule has 5 heteroatoms. The second-order valence-electron chi connectivity index (χ2n) is 5.06. The van der Waals surface area contributed by atoms with E-state index in [1.807, 2.05) is 24.3 Å². The fourth-order valence-electron chi connectivity index (χ4n) is 2.66. The van der Waals surface area contributed by atoms with Crippen molar-refractivity contribution in [2.24, 2.45) is 0 Å². The van der Waals surface area contributed by atoms with Crippen LogP contribution in [0.5, 0.6) is 0 Å². The summed E-state index contributed by atoms with van der Waals surface area (Å²) in [4.78, 5) is 25.7. The van der Waals surface area contributed by atoms with Gasteiger partial charge in [-0.3, -0.25) is 9.59 Å². The summed E-state index contributed by atoms with van der Waals surface area (Å²) < 4.78 is 4.99. The van der Waals surface area contributed by atoms with Crippen LogP contribution < -0.4 is 0 Å². The molecule has 0 unspecified atom stereocenters. The number of ketones is 1. The lowest BCUT2D eigenvalue weighted by Crippen LogP contribution is -2.34. The third kappa shape index (κ3) is 2.72. The highest BCUT2D eigenvalue weighted by Crippen LogP contribution is 2.32. The maximum atomic E-state index is 12.2. The molecule has 108 valence electrons. The smallest absolute Gasteiger partial charge is 0.298 e. The third-order valence-corrected chi connectivity index (χ3v) is 4.10. The molecule has 1 aromatic carbocycles. The largest absolute Gasteiger partial charge is 0.461 e. The lowest BCUT2D eigenvalue weighted by Gasteiger charge is -2.15. The number of likely N-dealkylation sites (tertiary alicyclic amines) is 1. The average molecular weight is 304 g/mol. The molecule has 2 aromatic rings. The van der Waals surface area contributed by atoms with Crippen molar-refractivity contribution < 1.29 is 14.0 Å². The minimum atomic E-state index is -0.597. The summed E-state index contributed by atoms with van der Waals surface area (Å²) in [6.45, 7) is 1.07. The molecule has 0 saturated carbocycles. The second kappa shape index (κ2) is 5.74. The van der Waals surface area contributed by atoms with Crippen molar-refractivity contribution >= 4 is 23.3 Å². The van der Waals surface area contributed by atoms with E-state index in [-0.39, 0.29) is 11.7 Å². The average Bonchev–Trinajstić information content (AvgIpc) is 3.17. The fourth-order valence-corrected chi connectivity index (χ4v) is 2.95. The third-order valence-electron chi connectivity index (χ3n) is 3.76. The molecule has 1 aromatic heterocycles. The number of rotatable bonds is 3. The lowest BCUT2D eigenvalue weighted by atomic mass is 9.98. The minimum Gasteiger partial charge on any atom is -0.461 e. The van der Waals surface area contributed by atoms with Crippen LogP contribution in [0.3, 0.4) is 0 Å². The molecule has 0 bridgehead atoms. The van der Waals surface area contributed by atoms with Gasteiger partial charge in [0.1, 0.15) is 0 Å². The maximum Gasteiger partial charge on any atom is 0.298 e. The Bertz CT molecular complexity index is 666. The normalized spacial score (nSPS) is 18.0. The van der Waals surface area contributed by atoms with Crippen LogP contribution in [-0.2, 0) is 4.79 Å². The highest BCUT2D eigenvalue weighted by molar-refractivity contribution is 6.42. The summed E-state index contributed by atoms with van der Waals surface area (Å²) >= 11 is 6.19. The number of benzene rings is 1. The van der Waals surface area contributed by atoms with Crippen molar-refractivity contribution in [1.29, 1.82) is 0 Å². The molecule has 2 heterocycles. The number of Topliss-reactive ketones (excluding diaryl/α,β-unsaturated/α-hetero) is 1. The molecule has 1 fully saturated rings. The Hall–Kier alpha value is -2.07. The Kier molecular flexibility index (Phi) is 3.80. The molecule has 1 amide bonds. The number of nitrogens with zero attached hydrogens (tertiary/aromatic N) is 1. The number of hydrogen-bond acceptors (Lipinski definition) is 3. The van der Waals surface area contributed by atoms with Gasteiger partial charge in [0.25, 0.3) is 11.7 Å². The van der Waals surface area contributed by atoms with Crippen LogP contribution in [0.4, 0.5) is 0 Å². The Morgan fingerprint density at radius 2 is 2.00 bits per heavy atom. The zero-order valence-electron chi connectivity index (χ0n) is 11.3. The van der Waals surface area contributed by atoms with E-state index in [1.54, 1.807) is 11.0 Å². The van der Waals surface area contributed by atoms with Gasteiger partial charge >= 0.3 is 0 Å². The second-order valence-corrected chi connectivity index (χ2v) is 5.47. The number of carbonyl (C=O) groups excluding carboxylic acids is 2. The maximum absolute atomic E-state index is 12.2. The quantitative estimate of drug-likeness (QED) is 0.646. The van der Waals surface area contributed by atoms with Crippen LogP contribution in [0.15, 0.2) is 47.1 Å². The predicted molar refractivity (Wildman–Crippen MR) is 78.4 cm³/mol. The van der Waals surface area contributed by atoms with Crippen molar-refractivity contribution in [3.8, 4) is 0 Å². The summed E-state index contributed by atoms with van der Waals surface area (Å²) in [7, 11) is 0. The van der Waals surface area contributed by atoms with Crippen LogP contribution in [0, 0.1) is 0 Å². The van der Waals surface area contributed by atoms with E-state index in [9.17, 15) is 9.59 Å². The van der Waals surface area contributed by atoms with Crippen LogP contribution in [0.2, 0.25) is 5.02 Å². The van der Waals surface area contributed by atoms with E-state index in [4.69, 9.17) is 16.0 Å². The van der Waals surface area contributed by atoms with E-state index in [0.717, 1.165) is 12.0 Å². The Morgan fingerprint density at radius 1 is 1.19 bits per heavy atom. The van der Waals surface area contributed by atoms with Crippen LogP contribution in [0.1, 0.15) is 28.5 Å². The number of carbonyl (C=O) groups is 2. The van der Waals surface area contributed by atoms with Crippen molar-refractivity contribution in [3.63, 3.8) is 0 Å². The summed E-state index contributed by atoms with van der Waals surface area (Å²) in [6.07, 6.45) is 2.19. The Balaban J connectivity index is 1.71. The Morgan fingerprint density at radius 3 is 2.71 bits per heavy atom. The highest BCUT2D eigenvalue weighted by Gasteiger charge is 2.32. The highest BCUT2D eigenvalue weighted by atomic mass is 35.5. The number of hydrogen-bond donors (Lipinski definition) is 0. The molecule has 1 atom stereocenters. The van der Waals surface area contributed by atoms with Gasteiger partial charge in [0.2, 0.25) is 0 Å². The van der Waals surface area contributed by atoms with Gasteiger partial charge in [0.15, 0.2) is 5.76 Å². The lowest BCUT2D eigenvalue weighted by molar-refractivity contribution is -0.125. The fraction of sp³-hybridized carbons (Fsp3) is 0.250. The van der Waals surface area contributed by atoms with Gasteiger partial charge in [-0.15, -0.1) is 0 Å². The Labute approximate surface area is 127 Å². The van der Waals surface area contributed by atoms with Crippen molar-refractivity contribution in [1.82, 2.24) is 4.90 Å². The molecule has 1 aliphatic heterocycles. The summed E-state index contributed by atoms with van der Waals surface area (Å²) in [5.41, 5.74) is 1.03. The first-order valence-corrected chi connectivity index (χ1v) is 7.16. The van der Waals surface area contributed by atoms with Crippen LogP contribution in [-0.4, -0.2) is 29.7 Å². The van der Waals surface area contributed by atoms with E-state index in [0.29, 0.717) is 18.1 Å². The van der Waals surface area contributed by atoms with Gasteiger partial charge in [-0.2, -0.15) is 0 Å². The van der Waals surface area contributed by atoms with Crippen LogP contribution in [0.25, 0.3) is 0 Å². The summed E-state index contributed by atoms with van der Waals surface area (Å²) in [5.74, 6) is -0.854. The zero-order chi connectivity index (χ0) is 14.8. The van der Waals surface area contributed by atoms with E-state index in [1.165, 1.54) is 12.3 Å². The van der Waals surface area contributed by atoms with E-state index in [2.05, 4.69) is 0 Å². The number of furan rings is 1. The van der Waals surface area contributed by atoms with Gasteiger partial charge in [-0.25, -0.2) is 0 Å². The van der Waals surface area contributed by atoms with E-state index >= 15 is 0 Å². The van der Waals surface area contributed by atoms with Gasteiger partial charge in [0.05, 0.1) is 6.26 Å². The van der Waals surface area contributed by atoms with Crippen molar-refractivity contribution in [2.75, 3.05) is 13.1 Å². The SMILES string of the molecule is O=C(C(=O)N1CC[C@H](c2ccccc2Cl)C1)c1ccco1. The monoisotopic (exact) mass is 303 g/mol. The summed E-state index contributed by atoms with van der Waals surface area (Å²) in [6, 6.07) is 10.7. The number of amides is 1. The molecule has 1 aliphatic rings. The first-order chi connectivity index (χ1) is 10.2. The predicted octanol–water partition coefficient (Wildman–Crippen LogP) is 3.13. The molecule has 0 radical (unpaired) electrons. The molecule has 3 rings (SSSR count). The van der Waals surface area contributed by atoms with Gasteiger partial charge in [-0.05, 0) is 30.2 Å². The molecular weight excluding hydrogens is 290 g/mol. The van der Waals surface area contributed by atoms with Crippen molar-refractivity contribution in [3.05, 3.63) is 59.0 Å². The molecular formula is C16H14ClNO3. The molecule has 1 saturated heterocycles. The van der Waals surface area contributed by atoms with Gasteiger partial charge < -0.3 is 9.32 Å². The van der Waals surface area contributed by atoms with E-state index < -0.39 is 11.7 Å². The molecule has 0 aliphatic carbocycles. The molecule has 0 N–H and O–H groups in total.